The molecule has 0 aromatic heterocycles. The number of rotatable bonds is 5. The van der Waals surface area contributed by atoms with Crippen LogP contribution in [0.15, 0.2) is 24.3 Å². The molecule has 1 heterocycles. The van der Waals surface area contributed by atoms with E-state index in [4.69, 9.17) is 0 Å². The molecule has 1 saturated heterocycles. The Labute approximate surface area is 136 Å². The molecule has 0 spiro atoms. The Morgan fingerprint density at radius 1 is 1.00 bits per heavy atom. The number of amides is 3. The van der Waals surface area contributed by atoms with E-state index in [0.29, 0.717) is 5.92 Å². The molecule has 5 heteroatoms. The number of likely N-dealkylation sites (tertiary alicyclic amines) is 1. The zero-order valence-electron chi connectivity index (χ0n) is 13.3. The largest absolute Gasteiger partial charge is 0.326 e. The standard InChI is InChI=1S/C18H23N3O2/c22-17(14-6-7-14)19-15-2-1-3-16(9-15)20-18(23)21-10-13(11-21)8-12-4-5-12/h1-3,9,12-14H,4-8,10-11H2,(H,19,22)(H,20,23). The molecule has 2 saturated carbocycles. The predicted molar refractivity (Wildman–Crippen MR) is 89.2 cm³/mol. The number of anilines is 2. The lowest BCUT2D eigenvalue weighted by Gasteiger charge is -2.39. The van der Waals surface area contributed by atoms with Crippen LogP contribution in [-0.2, 0) is 4.79 Å². The van der Waals surface area contributed by atoms with Crippen molar-refractivity contribution in [2.24, 2.45) is 17.8 Å². The third-order valence-electron chi connectivity index (χ3n) is 4.94. The molecular weight excluding hydrogens is 290 g/mol. The summed E-state index contributed by atoms with van der Waals surface area (Å²) < 4.78 is 0. The van der Waals surface area contributed by atoms with Crippen molar-refractivity contribution in [2.45, 2.75) is 32.1 Å². The monoisotopic (exact) mass is 313 g/mol. The summed E-state index contributed by atoms with van der Waals surface area (Å²) in [5, 5.41) is 5.83. The van der Waals surface area contributed by atoms with Gasteiger partial charge in [0.1, 0.15) is 0 Å². The second-order valence-corrected chi connectivity index (χ2v) is 7.22. The lowest BCUT2D eigenvalue weighted by Crippen LogP contribution is -2.51. The molecule has 122 valence electrons. The van der Waals surface area contributed by atoms with E-state index in [1.54, 1.807) is 0 Å². The van der Waals surface area contributed by atoms with Gasteiger partial charge in [0.25, 0.3) is 0 Å². The van der Waals surface area contributed by atoms with Gasteiger partial charge >= 0.3 is 6.03 Å². The fraction of sp³-hybridized carbons (Fsp3) is 0.556. The minimum atomic E-state index is -0.0392. The highest BCUT2D eigenvalue weighted by Crippen LogP contribution is 2.38. The van der Waals surface area contributed by atoms with Crippen LogP contribution in [0.4, 0.5) is 16.2 Å². The van der Waals surface area contributed by atoms with E-state index >= 15 is 0 Å². The Kier molecular flexibility index (Phi) is 3.71. The molecule has 23 heavy (non-hydrogen) atoms. The molecule has 3 amide bonds. The molecule has 1 aromatic rings. The van der Waals surface area contributed by atoms with Crippen LogP contribution in [0.5, 0.6) is 0 Å². The maximum absolute atomic E-state index is 12.2. The van der Waals surface area contributed by atoms with Crippen LogP contribution < -0.4 is 10.6 Å². The number of urea groups is 1. The van der Waals surface area contributed by atoms with Crippen LogP contribution >= 0.6 is 0 Å². The van der Waals surface area contributed by atoms with E-state index in [9.17, 15) is 9.59 Å². The first-order chi connectivity index (χ1) is 11.2. The van der Waals surface area contributed by atoms with Crippen LogP contribution in [0.25, 0.3) is 0 Å². The van der Waals surface area contributed by atoms with Crippen molar-refractivity contribution in [1.82, 2.24) is 4.90 Å². The summed E-state index contributed by atoms with van der Waals surface area (Å²) in [6, 6.07) is 7.34. The molecule has 1 aliphatic heterocycles. The average molecular weight is 313 g/mol. The molecule has 0 atom stereocenters. The zero-order chi connectivity index (χ0) is 15.8. The third-order valence-corrected chi connectivity index (χ3v) is 4.94. The maximum atomic E-state index is 12.2. The number of carbonyl (C=O) groups is 2. The first-order valence-electron chi connectivity index (χ1n) is 8.64. The van der Waals surface area contributed by atoms with E-state index in [2.05, 4.69) is 10.6 Å². The zero-order valence-corrected chi connectivity index (χ0v) is 13.3. The summed E-state index contributed by atoms with van der Waals surface area (Å²) >= 11 is 0. The summed E-state index contributed by atoms with van der Waals surface area (Å²) in [6.07, 6.45) is 6.01. The van der Waals surface area contributed by atoms with Crippen molar-refractivity contribution >= 4 is 23.3 Å². The Morgan fingerprint density at radius 3 is 2.35 bits per heavy atom. The topological polar surface area (TPSA) is 61.4 Å². The van der Waals surface area contributed by atoms with E-state index in [-0.39, 0.29) is 17.9 Å². The predicted octanol–water partition coefficient (Wildman–Crippen LogP) is 3.30. The highest BCUT2D eigenvalue weighted by atomic mass is 16.2. The summed E-state index contributed by atoms with van der Waals surface area (Å²) in [5.41, 5.74) is 1.48. The van der Waals surface area contributed by atoms with Crippen molar-refractivity contribution in [1.29, 1.82) is 0 Å². The molecule has 3 aliphatic rings. The molecule has 0 bridgehead atoms. The van der Waals surface area contributed by atoms with Gasteiger partial charge in [0, 0.05) is 30.4 Å². The fourth-order valence-electron chi connectivity index (χ4n) is 3.18. The van der Waals surface area contributed by atoms with Crippen molar-refractivity contribution < 1.29 is 9.59 Å². The molecule has 1 aromatic carbocycles. The fourth-order valence-corrected chi connectivity index (χ4v) is 3.18. The number of nitrogens with zero attached hydrogens (tertiary/aromatic N) is 1. The molecular formula is C18H23N3O2. The van der Waals surface area contributed by atoms with Gasteiger partial charge in [-0.3, -0.25) is 4.79 Å². The lowest BCUT2D eigenvalue weighted by atomic mass is 9.94. The van der Waals surface area contributed by atoms with Crippen LogP contribution in [0, 0.1) is 17.8 Å². The Balaban J connectivity index is 1.28. The Hall–Kier alpha value is -2.04. The van der Waals surface area contributed by atoms with Crippen LogP contribution in [0.2, 0.25) is 0 Å². The van der Waals surface area contributed by atoms with Gasteiger partial charge in [-0.15, -0.1) is 0 Å². The number of hydrogen-bond acceptors (Lipinski definition) is 2. The minimum absolute atomic E-state index is 0.0392. The van der Waals surface area contributed by atoms with E-state index < -0.39 is 0 Å². The maximum Gasteiger partial charge on any atom is 0.321 e. The lowest BCUT2D eigenvalue weighted by molar-refractivity contribution is -0.117. The van der Waals surface area contributed by atoms with Crippen LogP contribution in [0.1, 0.15) is 32.1 Å². The second-order valence-electron chi connectivity index (χ2n) is 7.22. The van der Waals surface area contributed by atoms with Crippen molar-refractivity contribution in [3.63, 3.8) is 0 Å². The van der Waals surface area contributed by atoms with Gasteiger partial charge in [-0.25, -0.2) is 4.79 Å². The summed E-state index contributed by atoms with van der Waals surface area (Å²) in [5.74, 6) is 1.88. The van der Waals surface area contributed by atoms with Gasteiger partial charge in [0.2, 0.25) is 5.91 Å². The molecule has 0 radical (unpaired) electrons. The van der Waals surface area contributed by atoms with Gasteiger partial charge in [-0.1, -0.05) is 18.9 Å². The molecule has 0 unspecified atom stereocenters. The highest BCUT2D eigenvalue weighted by molar-refractivity contribution is 5.95. The number of hydrogen-bond donors (Lipinski definition) is 2. The second kappa shape index (κ2) is 5.87. The van der Waals surface area contributed by atoms with Gasteiger partial charge in [0.05, 0.1) is 0 Å². The van der Waals surface area contributed by atoms with Gasteiger partial charge in [0.15, 0.2) is 0 Å². The third kappa shape index (κ3) is 3.66. The van der Waals surface area contributed by atoms with Crippen LogP contribution in [-0.4, -0.2) is 29.9 Å². The Bertz CT molecular complexity index is 616. The smallest absolute Gasteiger partial charge is 0.321 e. The first kappa shape index (κ1) is 14.5. The first-order valence-corrected chi connectivity index (χ1v) is 8.64. The summed E-state index contributed by atoms with van der Waals surface area (Å²) in [4.78, 5) is 25.9. The van der Waals surface area contributed by atoms with E-state index in [1.165, 1.54) is 19.3 Å². The molecule has 5 nitrogen and oxygen atoms in total. The van der Waals surface area contributed by atoms with E-state index in [1.807, 2.05) is 29.2 Å². The summed E-state index contributed by atoms with van der Waals surface area (Å²) in [7, 11) is 0. The van der Waals surface area contributed by atoms with Crippen molar-refractivity contribution in [2.75, 3.05) is 23.7 Å². The normalized spacial score (nSPS) is 20.8. The minimum Gasteiger partial charge on any atom is -0.326 e. The van der Waals surface area contributed by atoms with Gasteiger partial charge in [-0.2, -0.15) is 0 Å². The average Bonchev–Trinajstić information content (AvgIpc) is 3.36. The number of carbonyl (C=O) groups excluding carboxylic acids is 2. The highest BCUT2D eigenvalue weighted by Gasteiger charge is 2.35. The van der Waals surface area contributed by atoms with Gasteiger partial charge in [-0.05, 0) is 49.3 Å². The van der Waals surface area contributed by atoms with Crippen molar-refractivity contribution in [3.05, 3.63) is 24.3 Å². The molecule has 4 rings (SSSR count). The molecule has 2 N–H and O–H groups in total. The molecule has 3 fully saturated rings. The Morgan fingerprint density at radius 2 is 1.70 bits per heavy atom. The van der Waals surface area contributed by atoms with Gasteiger partial charge < -0.3 is 15.5 Å². The number of benzene rings is 1. The van der Waals surface area contributed by atoms with Crippen LogP contribution in [0.3, 0.4) is 0 Å². The summed E-state index contributed by atoms with van der Waals surface area (Å²) in [6.45, 7) is 1.75. The van der Waals surface area contributed by atoms with Crippen molar-refractivity contribution in [3.8, 4) is 0 Å². The molecule has 2 aliphatic carbocycles. The van der Waals surface area contributed by atoms with E-state index in [0.717, 1.165) is 43.2 Å². The SMILES string of the molecule is O=C(Nc1cccc(NC(=O)N2CC(CC3CC3)C2)c1)C1CC1. The quantitative estimate of drug-likeness (QED) is 0.876. The number of nitrogens with one attached hydrogen (secondary N) is 2.